The SMILES string of the molecule is CCCCOc1ccc(C(O)=C2C(=O)C(=O)N(CCCN(C)C)[C@@H]2c2cccc(Oc3ccccc3)c2)cc1C. The first-order chi connectivity index (χ1) is 19.3. The van der Waals surface area contributed by atoms with E-state index < -0.39 is 17.7 Å². The second-order valence-electron chi connectivity index (χ2n) is 10.3. The molecular formula is C33H38N2O5. The third kappa shape index (κ3) is 6.72. The molecule has 0 bridgehead atoms. The van der Waals surface area contributed by atoms with Crippen LogP contribution in [0.3, 0.4) is 0 Å². The third-order valence-electron chi connectivity index (χ3n) is 6.90. The number of unbranched alkanes of at least 4 members (excludes halogenated alkanes) is 1. The molecule has 0 aromatic heterocycles. The van der Waals surface area contributed by atoms with Crippen molar-refractivity contribution in [2.24, 2.45) is 0 Å². The Bertz CT molecular complexity index is 1370. The van der Waals surface area contributed by atoms with Crippen molar-refractivity contribution in [1.29, 1.82) is 0 Å². The molecule has 1 fully saturated rings. The van der Waals surface area contributed by atoms with E-state index in [-0.39, 0.29) is 11.3 Å². The van der Waals surface area contributed by atoms with Gasteiger partial charge in [0.2, 0.25) is 0 Å². The van der Waals surface area contributed by atoms with E-state index in [1.165, 1.54) is 0 Å². The van der Waals surface area contributed by atoms with Crippen LogP contribution in [-0.2, 0) is 9.59 Å². The summed E-state index contributed by atoms with van der Waals surface area (Å²) in [6, 6.07) is 21.3. The van der Waals surface area contributed by atoms with Crippen molar-refractivity contribution in [3.05, 3.63) is 95.1 Å². The van der Waals surface area contributed by atoms with Gasteiger partial charge in [0.25, 0.3) is 11.7 Å². The van der Waals surface area contributed by atoms with Gasteiger partial charge >= 0.3 is 0 Å². The average molecular weight is 543 g/mol. The minimum Gasteiger partial charge on any atom is -0.507 e. The first kappa shape index (κ1) is 28.9. The third-order valence-corrected chi connectivity index (χ3v) is 6.90. The zero-order chi connectivity index (χ0) is 28.6. The number of nitrogens with zero attached hydrogens (tertiary/aromatic N) is 2. The summed E-state index contributed by atoms with van der Waals surface area (Å²) >= 11 is 0. The second kappa shape index (κ2) is 13.3. The molecule has 7 heteroatoms. The number of hydrogen-bond donors (Lipinski definition) is 1. The number of carbonyl (C=O) groups is 2. The summed E-state index contributed by atoms with van der Waals surface area (Å²) in [5, 5.41) is 11.5. The van der Waals surface area contributed by atoms with Gasteiger partial charge in [-0.15, -0.1) is 0 Å². The fraction of sp³-hybridized carbons (Fsp3) is 0.333. The number of hydrogen-bond acceptors (Lipinski definition) is 6. The summed E-state index contributed by atoms with van der Waals surface area (Å²) in [6.45, 7) is 5.75. The van der Waals surface area contributed by atoms with E-state index >= 15 is 0 Å². The summed E-state index contributed by atoms with van der Waals surface area (Å²) in [6.07, 6.45) is 2.66. The molecule has 1 aliphatic heterocycles. The molecule has 0 saturated carbocycles. The predicted molar refractivity (Wildman–Crippen MR) is 157 cm³/mol. The van der Waals surface area contributed by atoms with E-state index in [1.807, 2.05) is 80.5 Å². The van der Waals surface area contributed by atoms with E-state index in [1.54, 1.807) is 23.1 Å². The molecule has 0 spiro atoms. The number of aliphatic hydroxyl groups is 1. The number of Topliss-reactive ketones (excluding diaryl/α,β-unsaturated/α-hetero) is 1. The summed E-state index contributed by atoms with van der Waals surface area (Å²) in [5.41, 5.74) is 2.07. The first-order valence-corrected chi connectivity index (χ1v) is 13.8. The standard InChI is InChI=1S/C33H38N2O5/c1-5-6-20-39-28-17-16-25(21-23(28)2)31(36)29-30(35(33(38)32(29)37)19-11-18-34(3)4)24-12-10-15-27(22-24)40-26-13-8-7-9-14-26/h7-10,12-17,21-22,30,36H,5-6,11,18-20H2,1-4H3/t30-/m1/s1. The molecule has 3 aromatic rings. The number of benzene rings is 3. The van der Waals surface area contributed by atoms with Gasteiger partial charge < -0.3 is 24.4 Å². The molecule has 7 nitrogen and oxygen atoms in total. The van der Waals surface area contributed by atoms with Gasteiger partial charge in [-0.1, -0.05) is 43.7 Å². The van der Waals surface area contributed by atoms with Gasteiger partial charge in [-0.05, 0) is 94.0 Å². The van der Waals surface area contributed by atoms with Crippen molar-refractivity contribution in [3.63, 3.8) is 0 Å². The average Bonchev–Trinajstić information content (AvgIpc) is 3.19. The molecule has 1 amide bonds. The molecule has 1 heterocycles. The molecular weight excluding hydrogens is 504 g/mol. The number of aryl methyl sites for hydroxylation is 1. The topological polar surface area (TPSA) is 79.3 Å². The zero-order valence-corrected chi connectivity index (χ0v) is 23.7. The minimum absolute atomic E-state index is 0.0748. The Kier molecular flexibility index (Phi) is 9.61. The fourth-order valence-electron chi connectivity index (χ4n) is 4.83. The van der Waals surface area contributed by atoms with Crippen molar-refractivity contribution in [2.45, 2.75) is 39.2 Å². The molecule has 40 heavy (non-hydrogen) atoms. The number of rotatable bonds is 12. The van der Waals surface area contributed by atoms with Crippen LogP contribution in [0.5, 0.6) is 17.2 Å². The van der Waals surface area contributed by atoms with E-state index in [9.17, 15) is 14.7 Å². The fourth-order valence-corrected chi connectivity index (χ4v) is 4.83. The van der Waals surface area contributed by atoms with Crippen molar-refractivity contribution in [3.8, 4) is 17.2 Å². The Labute approximate surface area is 236 Å². The van der Waals surface area contributed by atoms with Crippen LogP contribution in [0.2, 0.25) is 0 Å². The molecule has 1 saturated heterocycles. The van der Waals surface area contributed by atoms with Crippen LogP contribution in [0.4, 0.5) is 0 Å². The maximum Gasteiger partial charge on any atom is 0.295 e. The predicted octanol–water partition coefficient (Wildman–Crippen LogP) is 6.34. The highest BCUT2D eigenvalue weighted by Crippen LogP contribution is 2.41. The van der Waals surface area contributed by atoms with Crippen LogP contribution < -0.4 is 9.47 Å². The van der Waals surface area contributed by atoms with Gasteiger partial charge in [-0.2, -0.15) is 0 Å². The van der Waals surface area contributed by atoms with Crippen LogP contribution in [0, 0.1) is 6.92 Å². The van der Waals surface area contributed by atoms with Crippen molar-refractivity contribution in [1.82, 2.24) is 9.80 Å². The number of amides is 1. The van der Waals surface area contributed by atoms with Gasteiger partial charge in [-0.25, -0.2) is 0 Å². The van der Waals surface area contributed by atoms with E-state index in [4.69, 9.17) is 9.47 Å². The molecule has 210 valence electrons. The highest BCUT2D eigenvalue weighted by atomic mass is 16.5. The Morgan fingerprint density at radius 3 is 2.40 bits per heavy atom. The number of aliphatic hydroxyl groups excluding tert-OH is 1. The monoisotopic (exact) mass is 542 g/mol. The molecule has 1 atom stereocenters. The zero-order valence-electron chi connectivity index (χ0n) is 23.7. The number of ether oxygens (including phenoxy) is 2. The largest absolute Gasteiger partial charge is 0.507 e. The van der Waals surface area contributed by atoms with Crippen LogP contribution in [-0.4, -0.2) is 60.4 Å². The van der Waals surface area contributed by atoms with E-state index in [2.05, 4.69) is 6.92 Å². The van der Waals surface area contributed by atoms with Crippen molar-refractivity contribution < 1.29 is 24.2 Å². The Balaban J connectivity index is 1.74. The lowest BCUT2D eigenvalue weighted by Crippen LogP contribution is -2.32. The maximum absolute atomic E-state index is 13.4. The normalized spacial score (nSPS) is 16.5. The molecule has 0 aliphatic carbocycles. The van der Waals surface area contributed by atoms with Crippen LogP contribution >= 0.6 is 0 Å². The quantitative estimate of drug-likeness (QED) is 0.125. The molecule has 1 N–H and O–H groups in total. The molecule has 3 aromatic carbocycles. The second-order valence-corrected chi connectivity index (χ2v) is 10.3. The first-order valence-electron chi connectivity index (χ1n) is 13.8. The summed E-state index contributed by atoms with van der Waals surface area (Å²) in [5.74, 6) is 0.481. The Morgan fingerprint density at radius 1 is 0.950 bits per heavy atom. The van der Waals surface area contributed by atoms with Gasteiger partial charge in [0, 0.05) is 12.1 Å². The summed E-state index contributed by atoms with van der Waals surface area (Å²) in [7, 11) is 3.93. The van der Waals surface area contributed by atoms with E-state index in [0.29, 0.717) is 42.2 Å². The number of carbonyl (C=O) groups excluding carboxylic acids is 2. The minimum atomic E-state index is -0.748. The lowest BCUT2D eigenvalue weighted by Gasteiger charge is -2.26. The highest BCUT2D eigenvalue weighted by Gasteiger charge is 2.46. The van der Waals surface area contributed by atoms with E-state index in [0.717, 1.165) is 30.7 Å². The van der Waals surface area contributed by atoms with Gasteiger partial charge in [0.05, 0.1) is 18.2 Å². The molecule has 0 radical (unpaired) electrons. The van der Waals surface area contributed by atoms with Crippen molar-refractivity contribution >= 4 is 17.4 Å². The summed E-state index contributed by atoms with van der Waals surface area (Å²) < 4.78 is 11.9. The lowest BCUT2D eigenvalue weighted by molar-refractivity contribution is -0.139. The summed E-state index contributed by atoms with van der Waals surface area (Å²) in [4.78, 5) is 30.4. The lowest BCUT2D eigenvalue weighted by atomic mass is 9.94. The van der Waals surface area contributed by atoms with Gasteiger partial charge in [0.1, 0.15) is 23.0 Å². The Morgan fingerprint density at radius 2 is 1.70 bits per heavy atom. The number of likely N-dealkylation sites (tertiary alicyclic amines) is 1. The number of ketones is 1. The van der Waals surface area contributed by atoms with Crippen LogP contribution in [0.15, 0.2) is 78.4 Å². The smallest absolute Gasteiger partial charge is 0.295 e. The van der Waals surface area contributed by atoms with Crippen LogP contribution in [0.25, 0.3) is 5.76 Å². The molecule has 0 unspecified atom stereocenters. The maximum atomic E-state index is 13.4. The Hall–Kier alpha value is -4.10. The highest BCUT2D eigenvalue weighted by molar-refractivity contribution is 6.46. The molecule has 1 aliphatic rings. The van der Waals surface area contributed by atoms with Gasteiger partial charge in [0.15, 0.2) is 0 Å². The van der Waals surface area contributed by atoms with Crippen molar-refractivity contribution in [2.75, 3.05) is 33.8 Å². The van der Waals surface area contributed by atoms with Gasteiger partial charge in [-0.3, -0.25) is 9.59 Å². The van der Waals surface area contributed by atoms with Crippen LogP contribution in [0.1, 0.15) is 48.9 Å². The number of para-hydroxylation sites is 1. The molecule has 4 rings (SSSR count).